The lowest BCUT2D eigenvalue weighted by atomic mass is 9.60. The molecule has 8 heteroatoms. The van der Waals surface area contributed by atoms with Gasteiger partial charge in [-0.15, -0.1) is 0 Å². The minimum atomic E-state index is -0.651. The Hall–Kier alpha value is -5.50. The number of amides is 2. The summed E-state index contributed by atoms with van der Waals surface area (Å²) in [6.45, 7) is 1.63. The summed E-state index contributed by atoms with van der Waals surface area (Å²) in [6.07, 6.45) is 7.67. The molecule has 4 aliphatic rings. The molecular weight excluding hydrogens is 580 g/mol. The van der Waals surface area contributed by atoms with Gasteiger partial charge in [0.25, 0.3) is 0 Å². The van der Waals surface area contributed by atoms with Crippen LogP contribution in [0.2, 0.25) is 0 Å². The standard InChI is InChI=1S/C38H32N2O6/c1-21-18-32(42)34-27(14-8-22-9-17-31(41)33(19-22)46-2)26-15-16-28-35(29(26)20-30(34)36(21)43)38(45)40(37(28)44)25-12-10-24(11-13-25)39-23-6-4-3-5-7-23/h3-15,17-19,27-29,35,39,41H,16,20H2,1-2H3/t27-,28-,29+,35-/m0/s1. The van der Waals surface area contributed by atoms with Gasteiger partial charge in [-0.3, -0.25) is 24.1 Å². The van der Waals surface area contributed by atoms with E-state index < -0.39 is 23.7 Å². The topological polar surface area (TPSA) is 113 Å². The van der Waals surface area contributed by atoms with Crippen LogP contribution in [0.15, 0.2) is 113 Å². The Balaban J connectivity index is 1.22. The maximum atomic E-state index is 14.2. The van der Waals surface area contributed by atoms with Crippen LogP contribution >= 0.6 is 0 Å². The van der Waals surface area contributed by atoms with Gasteiger partial charge < -0.3 is 15.2 Å². The van der Waals surface area contributed by atoms with Crippen molar-refractivity contribution in [2.24, 2.45) is 23.7 Å². The van der Waals surface area contributed by atoms with Gasteiger partial charge in [-0.2, -0.15) is 0 Å². The van der Waals surface area contributed by atoms with Crippen molar-refractivity contribution in [1.29, 1.82) is 0 Å². The van der Waals surface area contributed by atoms with Crippen molar-refractivity contribution in [3.05, 3.63) is 119 Å². The van der Waals surface area contributed by atoms with Gasteiger partial charge in [0.15, 0.2) is 23.1 Å². The highest BCUT2D eigenvalue weighted by Gasteiger charge is 2.56. The number of aromatic hydroxyl groups is 1. The first kappa shape index (κ1) is 29.2. The van der Waals surface area contributed by atoms with E-state index in [0.717, 1.165) is 22.5 Å². The number of imide groups is 1. The Morgan fingerprint density at radius 2 is 1.65 bits per heavy atom. The molecule has 2 N–H and O–H groups in total. The van der Waals surface area contributed by atoms with Crippen molar-refractivity contribution in [3.63, 3.8) is 0 Å². The number of benzene rings is 3. The molecule has 1 heterocycles. The molecule has 3 aromatic rings. The Labute approximate surface area is 266 Å². The van der Waals surface area contributed by atoms with Gasteiger partial charge in [-0.05, 0) is 85.9 Å². The van der Waals surface area contributed by atoms with Gasteiger partial charge in [-0.1, -0.05) is 48.1 Å². The third-order valence-corrected chi connectivity index (χ3v) is 9.48. The smallest absolute Gasteiger partial charge is 0.238 e. The van der Waals surface area contributed by atoms with Gasteiger partial charge >= 0.3 is 0 Å². The Morgan fingerprint density at radius 3 is 2.39 bits per heavy atom. The number of phenols is 1. The summed E-state index contributed by atoms with van der Waals surface area (Å²) in [6, 6.07) is 21.9. The lowest BCUT2D eigenvalue weighted by molar-refractivity contribution is -0.123. The van der Waals surface area contributed by atoms with E-state index >= 15 is 0 Å². The summed E-state index contributed by atoms with van der Waals surface area (Å²) in [4.78, 5) is 56.1. The number of fused-ring (bicyclic) bond motifs is 3. The van der Waals surface area contributed by atoms with Gasteiger partial charge in [0.1, 0.15) is 0 Å². The molecule has 7 rings (SSSR count). The van der Waals surface area contributed by atoms with Crippen LogP contribution in [0.4, 0.5) is 17.1 Å². The fourth-order valence-electron chi connectivity index (χ4n) is 7.30. The summed E-state index contributed by atoms with van der Waals surface area (Å²) in [5, 5.41) is 13.4. The lowest BCUT2D eigenvalue weighted by Crippen LogP contribution is -2.40. The molecule has 0 bridgehead atoms. The highest BCUT2D eigenvalue weighted by atomic mass is 16.5. The van der Waals surface area contributed by atoms with Crippen LogP contribution in [0.3, 0.4) is 0 Å². The summed E-state index contributed by atoms with van der Waals surface area (Å²) >= 11 is 0. The van der Waals surface area contributed by atoms with Crippen LogP contribution < -0.4 is 15.0 Å². The third kappa shape index (κ3) is 4.86. The molecule has 2 amide bonds. The van der Waals surface area contributed by atoms with Gasteiger partial charge in [0.05, 0.1) is 24.6 Å². The van der Waals surface area contributed by atoms with E-state index in [1.165, 1.54) is 24.2 Å². The molecule has 3 aromatic carbocycles. The number of ketones is 2. The number of carbonyl (C=O) groups is 4. The van der Waals surface area contributed by atoms with Crippen molar-refractivity contribution in [2.45, 2.75) is 19.8 Å². The van der Waals surface area contributed by atoms with Crippen molar-refractivity contribution in [1.82, 2.24) is 0 Å². The normalized spacial score (nSPS) is 24.0. The third-order valence-electron chi connectivity index (χ3n) is 9.48. The minimum absolute atomic E-state index is 0.00753. The van der Waals surface area contributed by atoms with Crippen molar-refractivity contribution in [2.75, 3.05) is 17.3 Å². The fourth-order valence-corrected chi connectivity index (χ4v) is 7.30. The first-order valence-corrected chi connectivity index (χ1v) is 15.3. The Morgan fingerprint density at radius 1 is 0.913 bits per heavy atom. The van der Waals surface area contributed by atoms with Crippen LogP contribution in [-0.2, 0) is 19.2 Å². The number of rotatable bonds is 6. The zero-order valence-corrected chi connectivity index (χ0v) is 25.4. The van der Waals surface area contributed by atoms with Crippen molar-refractivity contribution < 1.29 is 29.0 Å². The predicted molar refractivity (Wildman–Crippen MR) is 174 cm³/mol. The molecule has 0 unspecified atom stereocenters. The molecule has 4 atom stereocenters. The molecule has 0 aromatic heterocycles. The second-order valence-electron chi connectivity index (χ2n) is 12.1. The summed E-state index contributed by atoms with van der Waals surface area (Å²) in [7, 11) is 1.47. The van der Waals surface area contributed by atoms with E-state index in [4.69, 9.17) is 4.74 Å². The zero-order valence-electron chi connectivity index (χ0n) is 25.4. The maximum Gasteiger partial charge on any atom is 0.238 e. The van der Waals surface area contributed by atoms with E-state index in [0.29, 0.717) is 34.6 Å². The van der Waals surface area contributed by atoms with E-state index in [-0.39, 0.29) is 35.6 Å². The molecule has 0 spiro atoms. The van der Waals surface area contributed by atoms with Crippen LogP contribution in [0, 0.1) is 23.7 Å². The number of hydrogen-bond acceptors (Lipinski definition) is 7. The summed E-state index contributed by atoms with van der Waals surface area (Å²) in [5.41, 5.74) is 5.07. The summed E-state index contributed by atoms with van der Waals surface area (Å²) in [5.74, 6) is -2.80. The van der Waals surface area contributed by atoms with Crippen LogP contribution in [-0.4, -0.2) is 35.6 Å². The molecule has 230 valence electrons. The largest absolute Gasteiger partial charge is 0.504 e. The number of Topliss-reactive ketones (excluding diaryl/α,β-unsaturated/α-hetero) is 1. The quantitative estimate of drug-likeness (QED) is 0.190. The molecule has 8 nitrogen and oxygen atoms in total. The lowest BCUT2D eigenvalue weighted by Gasteiger charge is -2.41. The van der Waals surface area contributed by atoms with E-state index in [2.05, 4.69) is 5.32 Å². The first-order valence-electron chi connectivity index (χ1n) is 15.3. The number of methoxy groups -OCH3 is 1. The molecule has 46 heavy (non-hydrogen) atoms. The van der Waals surface area contributed by atoms with Gasteiger partial charge in [0, 0.05) is 34.0 Å². The number of anilines is 3. The zero-order chi connectivity index (χ0) is 32.1. The van der Waals surface area contributed by atoms with E-state index in [1.54, 1.807) is 31.2 Å². The van der Waals surface area contributed by atoms with E-state index in [1.807, 2.05) is 60.7 Å². The van der Waals surface area contributed by atoms with E-state index in [9.17, 15) is 24.3 Å². The van der Waals surface area contributed by atoms with Crippen LogP contribution in [0.1, 0.15) is 25.3 Å². The second-order valence-corrected chi connectivity index (χ2v) is 12.1. The molecule has 1 fully saturated rings. The first-order chi connectivity index (χ1) is 22.2. The Bertz CT molecular complexity index is 1920. The molecular formula is C38H32N2O6. The highest BCUT2D eigenvalue weighted by Crippen LogP contribution is 2.53. The molecule has 0 saturated carbocycles. The Kier molecular flexibility index (Phi) is 7.28. The average molecular weight is 613 g/mol. The van der Waals surface area contributed by atoms with Crippen molar-refractivity contribution in [3.8, 4) is 11.5 Å². The SMILES string of the molecule is COc1cc(C=C[C@H]2C3=CC[C@@H]4C(=O)N(c5ccc(Nc6ccccc6)cc5)C(=O)[C@@H]4[C@@H]3CC3=C2C(=O)C=C(C)C3=O)ccc1O. The number of allylic oxidation sites excluding steroid dienone is 7. The van der Waals surface area contributed by atoms with Gasteiger partial charge in [-0.25, -0.2) is 0 Å². The number of ether oxygens (including phenoxy) is 1. The number of carbonyl (C=O) groups excluding carboxylic acids is 4. The monoisotopic (exact) mass is 612 g/mol. The second kappa shape index (κ2) is 11.5. The number of nitrogens with one attached hydrogen (secondary N) is 1. The molecule has 1 saturated heterocycles. The highest BCUT2D eigenvalue weighted by molar-refractivity contribution is 6.24. The molecule has 1 aliphatic heterocycles. The maximum absolute atomic E-state index is 14.2. The molecule has 0 radical (unpaired) electrons. The van der Waals surface area contributed by atoms with Crippen molar-refractivity contribution >= 4 is 46.5 Å². The summed E-state index contributed by atoms with van der Waals surface area (Å²) < 4.78 is 5.25. The minimum Gasteiger partial charge on any atom is -0.504 e. The van der Waals surface area contributed by atoms with Crippen LogP contribution in [0.5, 0.6) is 11.5 Å². The predicted octanol–water partition coefficient (Wildman–Crippen LogP) is 6.32. The van der Waals surface area contributed by atoms with Gasteiger partial charge in [0.2, 0.25) is 11.8 Å². The number of phenolic OH excluding ortho intramolecular Hbond substituents is 1. The average Bonchev–Trinajstić information content (AvgIpc) is 3.32. The number of hydrogen-bond donors (Lipinski definition) is 2. The van der Waals surface area contributed by atoms with Crippen LogP contribution in [0.25, 0.3) is 6.08 Å². The fraction of sp³-hybridized carbons (Fsp3) is 0.211. The number of para-hydroxylation sites is 1. The molecule has 3 aliphatic carbocycles. The number of nitrogens with zero attached hydrogens (tertiary/aromatic N) is 1.